The Labute approximate surface area is 159 Å². The van der Waals surface area contributed by atoms with E-state index in [4.69, 9.17) is 27.9 Å². The molecule has 0 saturated heterocycles. The van der Waals surface area contributed by atoms with E-state index >= 15 is 0 Å². The second-order valence-corrected chi connectivity index (χ2v) is 6.79. The van der Waals surface area contributed by atoms with E-state index in [2.05, 4.69) is 6.92 Å². The van der Waals surface area contributed by atoms with Crippen LogP contribution in [0, 0.1) is 0 Å². The van der Waals surface area contributed by atoms with Gasteiger partial charge >= 0.3 is 0 Å². The molecule has 2 aromatic rings. The van der Waals surface area contributed by atoms with Crippen molar-refractivity contribution in [1.82, 2.24) is 4.90 Å². The summed E-state index contributed by atoms with van der Waals surface area (Å²) in [6.45, 7) is 3.21. The standard InChI is InChI=1S/C20H23Cl2NO2/c1-3-4-8-11-25-19-17(21)12-16(13-18(19)22)20(24)23(2)14-15-9-6-5-7-10-15/h5-7,9-10,12-13H,3-4,8,11,14H2,1-2H3. The predicted molar refractivity (Wildman–Crippen MR) is 104 cm³/mol. The molecule has 2 rings (SSSR count). The van der Waals surface area contributed by atoms with Gasteiger partial charge in [-0.2, -0.15) is 0 Å². The van der Waals surface area contributed by atoms with Crippen molar-refractivity contribution < 1.29 is 9.53 Å². The summed E-state index contributed by atoms with van der Waals surface area (Å²) in [6.07, 6.45) is 3.16. The molecule has 25 heavy (non-hydrogen) atoms. The highest BCUT2D eigenvalue weighted by Crippen LogP contribution is 2.34. The molecule has 0 aliphatic rings. The van der Waals surface area contributed by atoms with Gasteiger partial charge in [0.25, 0.3) is 5.91 Å². The Hall–Kier alpha value is -1.71. The third-order valence-corrected chi connectivity index (χ3v) is 4.41. The average Bonchev–Trinajstić information content (AvgIpc) is 2.60. The second kappa shape index (κ2) is 9.69. The number of hydrogen-bond acceptors (Lipinski definition) is 2. The first-order valence-electron chi connectivity index (χ1n) is 8.44. The summed E-state index contributed by atoms with van der Waals surface area (Å²) >= 11 is 12.6. The van der Waals surface area contributed by atoms with Crippen molar-refractivity contribution in [3.63, 3.8) is 0 Å². The van der Waals surface area contributed by atoms with Gasteiger partial charge < -0.3 is 9.64 Å². The SMILES string of the molecule is CCCCCOc1c(Cl)cc(C(=O)N(C)Cc2ccccc2)cc1Cl. The Bertz CT molecular complexity index is 681. The fraction of sp³-hybridized carbons (Fsp3) is 0.350. The Morgan fingerprint density at radius 2 is 1.72 bits per heavy atom. The zero-order chi connectivity index (χ0) is 18.2. The Balaban J connectivity index is 2.07. The van der Waals surface area contributed by atoms with Gasteiger partial charge in [0, 0.05) is 19.2 Å². The maximum absolute atomic E-state index is 12.6. The summed E-state index contributed by atoms with van der Waals surface area (Å²) in [5.41, 5.74) is 1.51. The first kappa shape index (κ1) is 19.6. The first-order valence-corrected chi connectivity index (χ1v) is 9.19. The number of benzene rings is 2. The number of ether oxygens (including phenoxy) is 1. The van der Waals surface area contributed by atoms with E-state index in [-0.39, 0.29) is 5.91 Å². The largest absolute Gasteiger partial charge is 0.490 e. The number of unbranched alkanes of at least 4 members (excludes halogenated alkanes) is 2. The van der Waals surface area contributed by atoms with Gasteiger partial charge in [0.2, 0.25) is 0 Å². The lowest BCUT2D eigenvalue weighted by atomic mass is 10.1. The van der Waals surface area contributed by atoms with E-state index in [9.17, 15) is 4.79 Å². The Morgan fingerprint density at radius 3 is 2.32 bits per heavy atom. The van der Waals surface area contributed by atoms with Crippen molar-refractivity contribution in [3.05, 3.63) is 63.6 Å². The zero-order valence-corrected chi connectivity index (χ0v) is 16.1. The molecule has 134 valence electrons. The molecule has 0 radical (unpaired) electrons. The van der Waals surface area contributed by atoms with E-state index < -0.39 is 0 Å². The monoisotopic (exact) mass is 379 g/mol. The van der Waals surface area contributed by atoms with Crippen molar-refractivity contribution in [1.29, 1.82) is 0 Å². The molecule has 0 unspecified atom stereocenters. The van der Waals surface area contributed by atoms with E-state index in [1.807, 2.05) is 30.3 Å². The Kier molecular flexibility index (Phi) is 7.60. The van der Waals surface area contributed by atoms with Crippen molar-refractivity contribution in [2.75, 3.05) is 13.7 Å². The van der Waals surface area contributed by atoms with Crippen molar-refractivity contribution in [3.8, 4) is 5.75 Å². The minimum Gasteiger partial charge on any atom is -0.490 e. The molecule has 0 aliphatic heterocycles. The third-order valence-electron chi connectivity index (χ3n) is 3.85. The highest BCUT2D eigenvalue weighted by molar-refractivity contribution is 6.37. The minimum atomic E-state index is -0.134. The molecular weight excluding hydrogens is 357 g/mol. The topological polar surface area (TPSA) is 29.5 Å². The highest BCUT2D eigenvalue weighted by Gasteiger charge is 2.17. The minimum absolute atomic E-state index is 0.134. The molecule has 0 fully saturated rings. The van der Waals surface area contributed by atoms with Gasteiger partial charge in [-0.15, -0.1) is 0 Å². The summed E-state index contributed by atoms with van der Waals surface area (Å²) in [4.78, 5) is 14.3. The van der Waals surface area contributed by atoms with Gasteiger partial charge in [0.05, 0.1) is 16.7 Å². The van der Waals surface area contributed by atoms with Crippen molar-refractivity contribution in [2.45, 2.75) is 32.7 Å². The van der Waals surface area contributed by atoms with Gasteiger partial charge in [0.1, 0.15) is 0 Å². The molecule has 5 heteroatoms. The Morgan fingerprint density at radius 1 is 1.08 bits per heavy atom. The number of hydrogen-bond donors (Lipinski definition) is 0. The summed E-state index contributed by atoms with van der Waals surface area (Å²) in [7, 11) is 1.76. The molecule has 3 nitrogen and oxygen atoms in total. The van der Waals surface area contributed by atoms with E-state index in [1.54, 1.807) is 24.1 Å². The quantitative estimate of drug-likeness (QED) is 0.539. The smallest absolute Gasteiger partial charge is 0.254 e. The van der Waals surface area contributed by atoms with E-state index in [0.717, 1.165) is 24.8 Å². The first-order chi connectivity index (χ1) is 12.0. The lowest BCUT2D eigenvalue weighted by molar-refractivity contribution is 0.0785. The van der Waals surface area contributed by atoms with Crippen LogP contribution in [0.25, 0.3) is 0 Å². The number of rotatable bonds is 8. The van der Waals surface area contributed by atoms with Crippen LogP contribution in [0.4, 0.5) is 0 Å². The molecule has 1 amide bonds. The lowest BCUT2D eigenvalue weighted by Gasteiger charge is -2.18. The van der Waals surface area contributed by atoms with Crippen LogP contribution in [-0.2, 0) is 6.54 Å². The predicted octanol–water partition coefficient (Wildman–Crippen LogP) is 5.83. The maximum Gasteiger partial charge on any atom is 0.254 e. The second-order valence-electron chi connectivity index (χ2n) is 5.97. The lowest BCUT2D eigenvalue weighted by Crippen LogP contribution is -2.26. The molecule has 0 N–H and O–H groups in total. The molecule has 0 saturated carbocycles. The van der Waals surface area contributed by atoms with Gasteiger partial charge in [-0.3, -0.25) is 4.79 Å². The summed E-state index contributed by atoms with van der Waals surface area (Å²) in [5, 5.41) is 0.723. The number of nitrogens with zero attached hydrogens (tertiary/aromatic N) is 1. The molecule has 0 spiro atoms. The van der Waals surface area contributed by atoms with Crippen LogP contribution in [0.5, 0.6) is 5.75 Å². The van der Waals surface area contributed by atoms with Crippen LogP contribution >= 0.6 is 23.2 Å². The molecule has 0 aromatic heterocycles. The molecule has 0 aliphatic carbocycles. The number of carbonyl (C=O) groups excluding carboxylic acids is 1. The van der Waals surface area contributed by atoms with Crippen molar-refractivity contribution in [2.24, 2.45) is 0 Å². The van der Waals surface area contributed by atoms with Crippen LogP contribution in [0.3, 0.4) is 0 Å². The molecule has 0 heterocycles. The van der Waals surface area contributed by atoms with Gasteiger partial charge in [-0.05, 0) is 24.1 Å². The summed E-state index contributed by atoms with van der Waals surface area (Å²) in [5.74, 6) is 0.312. The summed E-state index contributed by atoms with van der Waals surface area (Å²) < 4.78 is 5.67. The summed E-state index contributed by atoms with van der Waals surface area (Å²) in [6, 6.07) is 13.1. The molecular formula is C20H23Cl2NO2. The molecule has 2 aromatic carbocycles. The fourth-order valence-corrected chi connectivity index (χ4v) is 3.09. The number of carbonyl (C=O) groups is 1. The number of amides is 1. The van der Waals surface area contributed by atoms with Crippen LogP contribution < -0.4 is 4.74 Å². The van der Waals surface area contributed by atoms with Crippen LogP contribution in [0.2, 0.25) is 10.0 Å². The highest BCUT2D eigenvalue weighted by atomic mass is 35.5. The van der Waals surface area contributed by atoms with E-state index in [1.165, 1.54) is 0 Å². The maximum atomic E-state index is 12.6. The van der Waals surface area contributed by atoms with E-state index in [0.29, 0.717) is 34.5 Å². The molecule has 0 atom stereocenters. The zero-order valence-electron chi connectivity index (χ0n) is 14.6. The van der Waals surface area contributed by atoms with Crippen LogP contribution in [-0.4, -0.2) is 24.5 Å². The van der Waals surface area contributed by atoms with Gasteiger partial charge in [0.15, 0.2) is 5.75 Å². The third kappa shape index (κ3) is 5.65. The van der Waals surface area contributed by atoms with Gasteiger partial charge in [-0.25, -0.2) is 0 Å². The molecule has 0 bridgehead atoms. The fourth-order valence-electron chi connectivity index (χ4n) is 2.50. The average molecular weight is 380 g/mol. The normalized spacial score (nSPS) is 10.6. The van der Waals surface area contributed by atoms with Crippen molar-refractivity contribution >= 4 is 29.1 Å². The number of halogens is 2. The van der Waals surface area contributed by atoms with Gasteiger partial charge in [-0.1, -0.05) is 73.3 Å². The van der Waals surface area contributed by atoms with Crippen LogP contribution in [0.15, 0.2) is 42.5 Å². The van der Waals surface area contributed by atoms with Crippen LogP contribution in [0.1, 0.15) is 42.1 Å².